The molecule has 228 valence electrons. The lowest BCUT2D eigenvalue weighted by Crippen LogP contribution is -2.29. The highest BCUT2D eigenvalue weighted by atomic mass is 16.6. The zero-order valence-electron chi connectivity index (χ0n) is 24.0. The zero-order valence-corrected chi connectivity index (χ0v) is 24.0. The molecule has 5 atom stereocenters. The van der Waals surface area contributed by atoms with Gasteiger partial charge in [0.15, 0.2) is 40.6 Å². The second kappa shape index (κ2) is 13.8. The molecule has 11 nitrogen and oxygen atoms in total. The third-order valence-electron chi connectivity index (χ3n) is 7.60. The van der Waals surface area contributed by atoms with Crippen molar-refractivity contribution in [3.05, 3.63) is 65.2 Å². The number of phenols is 2. The smallest absolute Gasteiger partial charge is 0.204 e. The van der Waals surface area contributed by atoms with E-state index in [2.05, 4.69) is 0 Å². The van der Waals surface area contributed by atoms with Crippen LogP contribution in [0.5, 0.6) is 40.2 Å². The zero-order chi connectivity index (χ0) is 30.4. The summed E-state index contributed by atoms with van der Waals surface area (Å²) in [6.45, 7) is -0.264. The Morgan fingerprint density at radius 2 is 1.40 bits per heavy atom. The lowest BCUT2D eigenvalue weighted by atomic mass is 9.84. The van der Waals surface area contributed by atoms with E-state index in [0.717, 1.165) is 5.56 Å². The van der Waals surface area contributed by atoms with Gasteiger partial charge < -0.3 is 54.0 Å². The Labute approximate surface area is 244 Å². The Bertz CT molecular complexity index is 1320. The van der Waals surface area contributed by atoms with Gasteiger partial charge in [-0.05, 0) is 65.4 Å². The fourth-order valence-electron chi connectivity index (χ4n) is 5.30. The number of hydrogen-bond acceptors (Lipinski definition) is 11. The van der Waals surface area contributed by atoms with Crippen molar-refractivity contribution in [2.45, 2.75) is 24.7 Å². The SMILES string of the molecule is COc1cc(CC2COC(c3cc(OC)c(OC(CO)C(O)c4ccc(O)c(OC)c4)c(OC)c3)C2CO)ccc1O. The van der Waals surface area contributed by atoms with E-state index in [1.165, 1.54) is 46.6 Å². The molecule has 0 radical (unpaired) electrons. The number of benzene rings is 3. The van der Waals surface area contributed by atoms with Crippen LogP contribution in [0.2, 0.25) is 0 Å². The van der Waals surface area contributed by atoms with Crippen LogP contribution in [0.25, 0.3) is 0 Å². The molecule has 1 fully saturated rings. The minimum atomic E-state index is -1.28. The summed E-state index contributed by atoms with van der Waals surface area (Å²) in [6, 6.07) is 13.0. The molecule has 11 heteroatoms. The summed E-state index contributed by atoms with van der Waals surface area (Å²) in [7, 11) is 5.80. The topological polar surface area (TPSA) is 157 Å². The average molecular weight is 587 g/mol. The molecule has 5 N–H and O–H groups in total. The van der Waals surface area contributed by atoms with E-state index >= 15 is 0 Å². The maximum absolute atomic E-state index is 11.0. The Morgan fingerprint density at radius 1 is 0.810 bits per heavy atom. The van der Waals surface area contributed by atoms with Crippen molar-refractivity contribution in [2.75, 3.05) is 48.3 Å². The number of methoxy groups -OCH3 is 4. The molecule has 0 aromatic heterocycles. The van der Waals surface area contributed by atoms with Gasteiger partial charge in [0, 0.05) is 12.5 Å². The molecule has 5 unspecified atom stereocenters. The second-order valence-corrected chi connectivity index (χ2v) is 10.0. The van der Waals surface area contributed by atoms with Gasteiger partial charge in [-0.15, -0.1) is 0 Å². The van der Waals surface area contributed by atoms with Crippen molar-refractivity contribution in [3.63, 3.8) is 0 Å². The Morgan fingerprint density at radius 3 is 1.98 bits per heavy atom. The van der Waals surface area contributed by atoms with Crippen molar-refractivity contribution >= 4 is 0 Å². The Hall–Kier alpha value is -3.90. The molecule has 42 heavy (non-hydrogen) atoms. The molecule has 1 aliphatic rings. The quantitative estimate of drug-likeness (QED) is 0.200. The molecule has 4 rings (SSSR count). The number of rotatable bonds is 13. The van der Waals surface area contributed by atoms with Gasteiger partial charge in [-0.3, -0.25) is 0 Å². The highest BCUT2D eigenvalue weighted by molar-refractivity contribution is 5.55. The normalized spacial score (nSPS) is 19.6. The van der Waals surface area contributed by atoms with Crippen LogP contribution in [0.3, 0.4) is 0 Å². The number of hydrogen-bond donors (Lipinski definition) is 5. The van der Waals surface area contributed by atoms with Crippen LogP contribution in [0.1, 0.15) is 28.9 Å². The van der Waals surface area contributed by atoms with Crippen LogP contribution in [-0.4, -0.2) is 79.9 Å². The molecule has 0 saturated carbocycles. The summed E-state index contributed by atoms with van der Waals surface area (Å²) in [5, 5.41) is 51.3. The molecule has 3 aromatic carbocycles. The van der Waals surface area contributed by atoms with Crippen LogP contribution in [0.15, 0.2) is 48.5 Å². The van der Waals surface area contributed by atoms with Crippen LogP contribution >= 0.6 is 0 Å². The van der Waals surface area contributed by atoms with E-state index < -0.39 is 24.9 Å². The van der Waals surface area contributed by atoms with Crippen LogP contribution in [0, 0.1) is 11.8 Å². The van der Waals surface area contributed by atoms with Gasteiger partial charge in [0.2, 0.25) is 5.75 Å². The monoisotopic (exact) mass is 586 g/mol. The molecular formula is C31H38O11. The maximum Gasteiger partial charge on any atom is 0.204 e. The third-order valence-corrected chi connectivity index (χ3v) is 7.60. The summed E-state index contributed by atoms with van der Waals surface area (Å²) >= 11 is 0. The highest BCUT2D eigenvalue weighted by Gasteiger charge is 2.39. The van der Waals surface area contributed by atoms with E-state index in [-0.39, 0.29) is 52.9 Å². The number of aromatic hydroxyl groups is 2. The van der Waals surface area contributed by atoms with Gasteiger partial charge in [-0.1, -0.05) is 12.1 Å². The van der Waals surface area contributed by atoms with E-state index in [0.29, 0.717) is 29.9 Å². The number of aliphatic hydroxyl groups is 3. The predicted octanol–water partition coefficient (Wildman–Crippen LogP) is 3.14. The lowest BCUT2D eigenvalue weighted by molar-refractivity contribution is -0.00186. The molecule has 1 saturated heterocycles. The van der Waals surface area contributed by atoms with Crippen molar-refractivity contribution < 1.29 is 54.0 Å². The molecule has 1 heterocycles. The molecule has 0 spiro atoms. The molecule has 0 aliphatic carbocycles. The predicted molar refractivity (Wildman–Crippen MR) is 152 cm³/mol. The minimum Gasteiger partial charge on any atom is -0.504 e. The molecule has 0 bridgehead atoms. The summed E-state index contributed by atoms with van der Waals surface area (Å²) < 4.78 is 33.8. The van der Waals surface area contributed by atoms with Gasteiger partial charge in [0.1, 0.15) is 6.10 Å². The van der Waals surface area contributed by atoms with Gasteiger partial charge in [-0.25, -0.2) is 0 Å². The van der Waals surface area contributed by atoms with Gasteiger partial charge in [-0.2, -0.15) is 0 Å². The highest BCUT2D eigenvalue weighted by Crippen LogP contribution is 2.47. The van der Waals surface area contributed by atoms with Gasteiger partial charge in [0.25, 0.3) is 0 Å². The van der Waals surface area contributed by atoms with Crippen LogP contribution in [0.4, 0.5) is 0 Å². The summed E-state index contributed by atoms with van der Waals surface area (Å²) in [4.78, 5) is 0. The Balaban J connectivity index is 1.58. The fraction of sp³-hybridized carbons (Fsp3) is 0.419. The molecular weight excluding hydrogens is 548 g/mol. The lowest BCUT2D eigenvalue weighted by Gasteiger charge is -2.27. The number of ether oxygens (including phenoxy) is 6. The first-order valence-corrected chi connectivity index (χ1v) is 13.4. The summed E-state index contributed by atoms with van der Waals surface area (Å²) in [6.07, 6.45) is -2.27. The molecule has 0 amide bonds. The van der Waals surface area contributed by atoms with Gasteiger partial charge >= 0.3 is 0 Å². The third kappa shape index (κ3) is 6.44. The minimum absolute atomic E-state index is 0.0154. The van der Waals surface area contributed by atoms with Crippen molar-refractivity contribution in [1.82, 2.24) is 0 Å². The molecule has 1 aliphatic heterocycles. The molecule has 3 aromatic rings. The van der Waals surface area contributed by atoms with E-state index in [9.17, 15) is 25.5 Å². The van der Waals surface area contributed by atoms with E-state index in [1.54, 1.807) is 24.3 Å². The first-order valence-electron chi connectivity index (χ1n) is 13.4. The second-order valence-electron chi connectivity index (χ2n) is 10.0. The van der Waals surface area contributed by atoms with Gasteiger partial charge in [0.05, 0.1) is 47.8 Å². The van der Waals surface area contributed by atoms with Crippen molar-refractivity contribution in [1.29, 1.82) is 0 Å². The summed E-state index contributed by atoms with van der Waals surface area (Å²) in [5.41, 5.74) is 2.00. The van der Waals surface area contributed by atoms with Crippen LogP contribution < -0.4 is 23.7 Å². The maximum atomic E-state index is 11.0. The van der Waals surface area contributed by atoms with E-state index in [1.807, 2.05) is 6.07 Å². The standard InChI is InChI=1S/C31H38O11/c1-37-24-10-17(5-7-22(24)34)9-20-16-41-30(21(20)14-32)19-12-26(39-3)31(27(13-19)40-4)42-28(15-33)29(36)18-6-8-23(35)25(11-18)38-2/h5-8,10-13,20-21,28-30,32-36H,9,14-16H2,1-4H3. The van der Waals surface area contributed by atoms with Crippen molar-refractivity contribution in [2.24, 2.45) is 11.8 Å². The number of aliphatic hydroxyl groups excluding tert-OH is 3. The number of phenolic OH excluding ortho intramolecular Hbond substituents is 2. The van der Waals surface area contributed by atoms with E-state index in [4.69, 9.17) is 28.4 Å². The first-order chi connectivity index (χ1) is 20.3. The largest absolute Gasteiger partial charge is 0.504 e. The van der Waals surface area contributed by atoms with Crippen molar-refractivity contribution in [3.8, 4) is 40.2 Å². The first kappa shape index (κ1) is 31.0. The average Bonchev–Trinajstić information content (AvgIpc) is 3.42. The van der Waals surface area contributed by atoms with Crippen LogP contribution in [-0.2, 0) is 11.2 Å². The fourth-order valence-corrected chi connectivity index (χ4v) is 5.30. The summed E-state index contributed by atoms with van der Waals surface area (Å²) in [5.74, 6) is 0.982. The Kier molecular flexibility index (Phi) is 10.2.